The molecule has 0 spiro atoms. The molecule has 2 aromatic rings. The molecule has 0 aromatic heterocycles. The van der Waals surface area contributed by atoms with Gasteiger partial charge < -0.3 is 10.0 Å². The number of rotatable bonds is 7. The fraction of sp³-hybridized carbons (Fsp3) is 0.400. The minimum Gasteiger partial charge on any atom is -0.380 e. The Morgan fingerprint density at radius 2 is 1.27 bits per heavy atom. The Bertz CT molecular complexity index is 509. The van der Waals surface area contributed by atoms with Crippen molar-refractivity contribution in [1.29, 1.82) is 0 Å². The monoisotopic (exact) mass is 297 g/mol. The van der Waals surface area contributed by atoms with Gasteiger partial charge >= 0.3 is 0 Å². The third kappa shape index (κ3) is 3.40. The first kappa shape index (κ1) is 16.7. The van der Waals surface area contributed by atoms with E-state index < -0.39 is 5.60 Å². The molecule has 0 radical (unpaired) electrons. The normalized spacial score (nSPS) is 13.3. The van der Waals surface area contributed by atoms with Crippen LogP contribution in [0.25, 0.3) is 0 Å². The fourth-order valence-corrected chi connectivity index (χ4v) is 3.12. The molecule has 22 heavy (non-hydrogen) atoms. The van der Waals surface area contributed by atoms with E-state index in [0.717, 1.165) is 30.8 Å². The fourth-order valence-electron chi connectivity index (χ4n) is 3.12. The van der Waals surface area contributed by atoms with Gasteiger partial charge in [0, 0.05) is 12.5 Å². The van der Waals surface area contributed by atoms with Gasteiger partial charge in [-0.05, 0) is 24.2 Å². The van der Waals surface area contributed by atoms with Crippen LogP contribution in [0.3, 0.4) is 0 Å². The van der Waals surface area contributed by atoms with Crippen LogP contribution in [0.1, 0.15) is 31.9 Å². The lowest BCUT2D eigenvalue weighted by Gasteiger charge is -2.38. The van der Waals surface area contributed by atoms with Crippen LogP contribution in [0.2, 0.25) is 0 Å². The van der Waals surface area contributed by atoms with Crippen LogP contribution in [0, 0.1) is 5.92 Å². The second-order valence-corrected chi connectivity index (χ2v) is 5.89. The molecule has 2 heteroatoms. The highest BCUT2D eigenvalue weighted by Crippen LogP contribution is 2.37. The second-order valence-electron chi connectivity index (χ2n) is 5.89. The number of benzene rings is 2. The topological polar surface area (TPSA) is 23.5 Å². The molecule has 0 heterocycles. The van der Waals surface area contributed by atoms with Crippen LogP contribution in [0.4, 0.5) is 0 Å². The minimum atomic E-state index is -0.967. The van der Waals surface area contributed by atoms with Crippen LogP contribution < -0.4 is 0 Å². The standard InChI is InChI=1S/C20H27NO/c1-4-21(5-2)16-17(3)20(22,18-12-8-6-9-13-18)19-14-10-7-11-15-19/h6-15,17,22H,4-5,16H2,1-3H3/t17-/m1/s1. The Morgan fingerprint density at radius 3 is 1.64 bits per heavy atom. The van der Waals surface area contributed by atoms with Gasteiger partial charge in [-0.1, -0.05) is 81.4 Å². The van der Waals surface area contributed by atoms with Crippen LogP contribution in [0.5, 0.6) is 0 Å². The molecule has 0 bridgehead atoms. The first-order chi connectivity index (χ1) is 10.6. The summed E-state index contributed by atoms with van der Waals surface area (Å²) in [5.74, 6) is 0.0946. The van der Waals surface area contributed by atoms with E-state index in [2.05, 4.69) is 25.7 Å². The largest absolute Gasteiger partial charge is 0.380 e. The zero-order valence-electron chi connectivity index (χ0n) is 13.9. The van der Waals surface area contributed by atoms with E-state index in [0.29, 0.717) is 0 Å². The van der Waals surface area contributed by atoms with Gasteiger partial charge in [0.1, 0.15) is 5.60 Å². The predicted octanol–water partition coefficient (Wildman–Crippen LogP) is 3.90. The maximum Gasteiger partial charge on any atom is 0.118 e. The van der Waals surface area contributed by atoms with Crippen LogP contribution >= 0.6 is 0 Å². The number of hydrogen-bond acceptors (Lipinski definition) is 2. The van der Waals surface area contributed by atoms with E-state index >= 15 is 0 Å². The minimum absolute atomic E-state index is 0.0946. The molecule has 0 aliphatic carbocycles. The molecule has 0 saturated heterocycles. The molecule has 0 amide bonds. The summed E-state index contributed by atoms with van der Waals surface area (Å²) in [4.78, 5) is 2.36. The smallest absolute Gasteiger partial charge is 0.118 e. The maximum absolute atomic E-state index is 11.6. The summed E-state index contributed by atoms with van der Waals surface area (Å²) in [6, 6.07) is 20.0. The van der Waals surface area contributed by atoms with E-state index in [4.69, 9.17) is 0 Å². The maximum atomic E-state index is 11.6. The molecule has 2 aromatic carbocycles. The van der Waals surface area contributed by atoms with Crippen LogP contribution in [-0.2, 0) is 5.60 Å². The highest BCUT2D eigenvalue weighted by molar-refractivity contribution is 5.36. The summed E-state index contributed by atoms with van der Waals surface area (Å²) in [7, 11) is 0. The Labute approximate surface area is 134 Å². The van der Waals surface area contributed by atoms with Crippen molar-refractivity contribution in [2.75, 3.05) is 19.6 Å². The molecule has 0 unspecified atom stereocenters. The van der Waals surface area contributed by atoms with Crippen molar-refractivity contribution in [2.45, 2.75) is 26.4 Å². The van der Waals surface area contributed by atoms with Crippen molar-refractivity contribution in [2.24, 2.45) is 5.92 Å². The molecule has 1 N–H and O–H groups in total. The van der Waals surface area contributed by atoms with Crippen molar-refractivity contribution < 1.29 is 5.11 Å². The molecule has 118 valence electrons. The van der Waals surface area contributed by atoms with Crippen molar-refractivity contribution in [3.63, 3.8) is 0 Å². The quantitative estimate of drug-likeness (QED) is 0.838. The molecular formula is C20H27NO. The summed E-state index contributed by atoms with van der Waals surface area (Å²) in [6.07, 6.45) is 0. The summed E-state index contributed by atoms with van der Waals surface area (Å²) in [5.41, 5.74) is 0.951. The van der Waals surface area contributed by atoms with E-state index in [1.54, 1.807) is 0 Å². The van der Waals surface area contributed by atoms with Gasteiger partial charge in [0.15, 0.2) is 0 Å². The van der Waals surface area contributed by atoms with Crippen molar-refractivity contribution in [3.05, 3.63) is 71.8 Å². The summed E-state index contributed by atoms with van der Waals surface area (Å²) in [5, 5.41) is 11.6. The zero-order chi connectivity index (χ0) is 16.0. The van der Waals surface area contributed by atoms with Gasteiger partial charge in [-0.2, -0.15) is 0 Å². The van der Waals surface area contributed by atoms with Crippen molar-refractivity contribution in [3.8, 4) is 0 Å². The molecule has 0 saturated carbocycles. The lowest BCUT2D eigenvalue weighted by molar-refractivity contribution is 0.00871. The van der Waals surface area contributed by atoms with Gasteiger partial charge in [0.25, 0.3) is 0 Å². The second kappa shape index (κ2) is 7.57. The highest BCUT2D eigenvalue weighted by Gasteiger charge is 2.37. The number of hydrogen-bond donors (Lipinski definition) is 1. The third-order valence-corrected chi connectivity index (χ3v) is 4.57. The zero-order valence-corrected chi connectivity index (χ0v) is 13.9. The third-order valence-electron chi connectivity index (χ3n) is 4.57. The summed E-state index contributed by atoms with van der Waals surface area (Å²) in [6.45, 7) is 9.34. The Morgan fingerprint density at radius 1 is 0.864 bits per heavy atom. The van der Waals surface area contributed by atoms with Gasteiger partial charge in [0.05, 0.1) is 0 Å². The van der Waals surface area contributed by atoms with Crippen LogP contribution in [-0.4, -0.2) is 29.6 Å². The summed E-state index contributed by atoms with van der Waals surface area (Å²) >= 11 is 0. The van der Waals surface area contributed by atoms with Crippen molar-refractivity contribution in [1.82, 2.24) is 4.90 Å². The average molecular weight is 297 g/mol. The lowest BCUT2D eigenvalue weighted by atomic mass is 9.76. The SMILES string of the molecule is CCN(CC)C[C@@H](C)C(O)(c1ccccc1)c1ccccc1. The Balaban J connectivity index is 2.42. The molecule has 2 nitrogen and oxygen atoms in total. The van der Waals surface area contributed by atoms with E-state index in [1.807, 2.05) is 60.7 Å². The molecule has 0 fully saturated rings. The van der Waals surface area contributed by atoms with Gasteiger partial charge in [-0.3, -0.25) is 0 Å². The number of nitrogens with zero attached hydrogens (tertiary/aromatic N) is 1. The number of aliphatic hydroxyl groups is 1. The lowest BCUT2D eigenvalue weighted by Crippen LogP contribution is -2.42. The first-order valence-electron chi connectivity index (χ1n) is 8.18. The Kier molecular flexibility index (Phi) is 5.76. The molecule has 2 rings (SSSR count). The van der Waals surface area contributed by atoms with Crippen molar-refractivity contribution >= 4 is 0 Å². The molecule has 0 aliphatic rings. The van der Waals surface area contributed by atoms with Gasteiger partial charge in [-0.15, -0.1) is 0 Å². The van der Waals surface area contributed by atoms with Gasteiger partial charge in [-0.25, -0.2) is 0 Å². The molecule has 1 atom stereocenters. The van der Waals surface area contributed by atoms with E-state index in [9.17, 15) is 5.11 Å². The first-order valence-corrected chi connectivity index (χ1v) is 8.18. The average Bonchev–Trinajstić information content (AvgIpc) is 2.60. The van der Waals surface area contributed by atoms with E-state index in [-0.39, 0.29) is 5.92 Å². The van der Waals surface area contributed by atoms with E-state index in [1.165, 1.54) is 0 Å². The summed E-state index contributed by atoms with van der Waals surface area (Å²) < 4.78 is 0. The van der Waals surface area contributed by atoms with Crippen LogP contribution in [0.15, 0.2) is 60.7 Å². The molecular weight excluding hydrogens is 270 g/mol. The molecule has 0 aliphatic heterocycles. The highest BCUT2D eigenvalue weighted by atomic mass is 16.3. The Hall–Kier alpha value is -1.64. The predicted molar refractivity (Wildman–Crippen MR) is 92.8 cm³/mol. The van der Waals surface area contributed by atoms with Gasteiger partial charge in [0.2, 0.25) is 0 Å².